The molecule has 64 valence electrons. The Labute approximate surface area is 74.0 Å². The van der Waals surface area contributed by atoms with Crippen LogP contribution in [-0.4, -0.2) is 5.96 Å². The first kappa shape index (κ1) is 8.80. The van der Waals surface area contributed by atoms with Crippen molar-refractivity contribution in [3.05, 3.63) is 29.3 Å². The van der Waals surface area contributed by atoms with E-state index in [1.165, 1.54) is 0 Å². The molecule has 0 saturated heterocycles. The minimum absolute atomic E-state index is 0.317. The van der Waals surface area contributed by atoms with E-state index >= 15 is 0 Å². The van der Waals surface area contributed by atoms with E-state index in [2.05, 4.69) is 10.5 Å². The lowest BCUT2D eigenvalue weighted by atomic mass is 10.3. The smallest absolute Gasteiger partial charge is 0.228 e. The second-order valence-electron chi connectivity index (χ2n) is 2.07. The third-order valence-electron chi connectivity index (χ3n) is 1.23. The Morgan fingerprint density at radius 3 is 2.75 bits per heavy atom. The maximum Gasteiger partial charge on any atom is 0.228 e. The Morgan fingerprint density at radius 2 is 2.17 bits per heavy atom. The highest BCUT2D eigenvalue weighted by Crippen LogP contribution is 2.19. The number of para-hydroxylation sites is 1. The lowest BCUT2D eigenvalue weighted by molar-refractivity contribution is 0.536. The summed E-state index contributed by atoms with van der Waals surface area (Å²) in [7, 11) is 0. The first-order chi connectivity index (χ1) is 5.74. The quantitative estimate of drug-likeness (QED) is 0.522. The number of halogens is 2. The molecule has 0 spiro atoms. The van der Waals surface area contributed by atoms with Crippen LogP contribution in [0.25, 0.3) is 0 Å². The maximum atomic E-state index is 11.6. The minimum atomic E-state index is -0.317. The summed E-state index contributed by atoms with van der Waals surface area (Å²) in [6, 6.07) is 6.84. The normalized spacial score (nSPS) is 11.3. The molecular formula is C7H7ClFN3. The van der Waals surface area contributed by atoms with E-state index in [1.54, 1.807) is 24.3 Å². The summed E-state index contributed by atoms with van der Waals surface area (Å²) in [6.07, 6.45) is 0. The summed E-state index contributed by atoms with van der Waals surface area (Å²) in [5, 5.41) is 5.19. The van der Waals surface area contributed by atoms with E-state index in [9.17, 15) is 4.48 Å². The number of anilines is 1. The predicted octanol–water partition coefficient (Wildman–Crippen LogP) is 1.95. The van der Waals surface area contributed by atoms with E-state index in [0.717, 1.165) is 0 Å². The number of guanidine groups is 1. The molecule has 0 aliphatic heterocycles. The van der Waals surface area contributed by atoms with Crippen LogP contribution in [0.5, 0.6) is 0 Å². The van der Waals surface area contributed by atoms with Gasteiger partial charge in [0.2, 0.25) is 5.96 Å². The Kier molecular flexibility index (Phi) is 2.88. The molecule has 0 bridgehead atoms. The number of nitrogens with one attached hydrogen (secondary N) is 1. The molecule has 0 saturated carbocycles. The van der Waals surface area contributed by atoms with Gasteiger partial charge in [-0.1, -0.05) is 33.4 Å². The summed E-state index contributed by atoms with van der Waals surface area (Å²) in [5.74, 6) is -0.317. The van der Waals surface area contributed by atoms with E-state index < -0.39 is 0 Å². The molecule has 5 heteroatoms. The van der Waals surface area contributed by atoms with Gasteiger partial charge >= 0.3 is 0 Å². The fourth-order valence-electron chi connectivity index (χ4n) is 0.722. The molecule has 1 aromatic rings. The maximum absolute atomic E-state index is 11.6. The molecule has 0 atom stereocenters. The zero-order valence-electron chi connectivity index (χ0n) is 6.09. The molecule has 0 amide bonds. The van der Waals surface area contributed by atoms with Crippen molar-refractivity contribution >= 4 is 23.2 Å². The lowest BCUT2D eigenvalue weighted by Gasteiger charge is -2.04. The zero-order chi connectivity index (χ0) is 8.97. The molecule has 0 aliphatic carbocycles. The molecule has 0 fully saturated rings. The number of benzene rings is 1. The van der Waals surface area contributed by atoms with Crippen LogP contribution in [0.1, 0.15) is 0 Å². The van der Waals surface area contributed by atoms with Gasteiger partial charge in [-0.25, -0.2) is 0 Å². The van der Waals surface area contributed by atoms with Crippen molar-refractivity contribution in [2.24, 2.45) is 10.9 Å². The van der Waals surface area contributed by atoms with Crippen LogP contribution in [-0.2, 0) is 0 Å². The van der Waals surface area contributed by atoms with Crippen molar-refractivity contribution in [1.29, 1.82) is 0 Å². The summed E-state index contributed by atoms with van der Waals surface area (Å²) in [6.45, 7) is 0. The highest BCUT2D eigenvalue weighted by molar-refractivity contribution is 6.33. The van der Waals surface area contributed by atoms with Crippen LogP contribution in [0.4, 0.5) is 10.2 Å². The van der Waals surface area contributed by atoms with Crippen LogP contribution < -0.4 is 11.1 Å². The molecule has 1 rings (SSSR count). The van der Waals surface area contributed by atoms with Crippen LogP contribution in [0.2, 0.25) is 5.02 Å². The van der Waals surface area contributed by atoms with E-state index in [-0.39, 0.29) is 5.96 Å². The standard InChI is InChI=1S/C7H7ClFN3/c8-5-3-1-2-4-6(5)11-7(10)12-9/h1-4H,(H3,10,11,12). The number of nitrogens with zero attached hydrogens (tertiary/aromatic N) is 1. The Bertz CT molecular complexity index is 300. The number of rotatable bonds is 1. The minimum Gasteiger partial charge on any atom is -0.367 e. The number of hydrogen-bond acceptors (Lipinski definition) is 1. The van der Waals surface area contributed by atoms with Crippen molar-refractivity contribution in [3.8, 4) is 0 Å². The van der Waals surface area contributed by atoms with Crippen molar-refractivity contribution < 1.29 is 4.48 Å². The van der Waals surface area contributed by atoms with Crippen molar-refractivity contribution in [2.45, 2.75) is 0 Å². The van der Waals surface area contributed by atoms with Gasteiger partial charge < -0.3 is 11.1 Å². The highest BCUT2D eigenvalue weighted by Gasteiger charge is 1.98. The van der Waals surface area contributed by atoms with Crippen molar-refractivity contribution in [3.63, 3.8) is 0 Å². The summed E-state index contributed by atoms with van der Waals surface area (Å²) in [4.78, 5) is 0. The Morgan fingerprint density at radius 1 is 1.50 bits per heavy atom. The molecule has 0 unspecified atom stereocenters. The molecule has 12 heavy (non-hydrogen) atoms. The average Bonchev–Trinajstić information content (AvgIpc) is 2.09. The monoisotopic (exact) mass is 187 g/mol. The zero-order valence-corrected chi connectivity index (χ0v) is 6.85. The predicted molar refractivity (Wildman–Crippen MR) is 47.8 cm³/mol. The molecule has 3 N–H and O–H groups in total. The third-order valence-corrected chi connectivity index (χ3v) is 1.56. The lowest BCUT2D eigenvalue weighted by Crippen LogP contribution is -2.21. The summed E-state index contributed by atoms with van der Waals surface area (Å²) < 4.78 is 11.6. The summed E-state index contributed by atoms with van der Waals surface area (Å²) >= 11 is 5.73. The van der Waals surface area contributed by atoms with Gasteiger partial charge in [-0.2, -0.15) is 0 Å². The first-order valence-corrected chi connectivity index (χ1v) is 3.58. The molecular weight excluding hydrogens is 181 g/mol. The fourth-order valence-corrected chi connectivity index (χ4v) is 0.905. The van der Waals surface area contributed by atoms with Crippen LogP contribution in [0.15, 0.2) is 29.5 Å². The van der Waals surface area contributed by atoms with E-state index in [4.69, 9.17) is 17.3 Å². The van der Waals surface area contributed by atoms with Crippen LogP contribution in [0, 0.1) is 0 Å². The molecule has 3 nitrogen and oxygen atoms in total. The van der Waals surface area contributed by atoms with E-state index in [0.29, 0.717) is 10.7 Å². The molecule has 1 aromatic carbocycles. The molecule has 0 aliphatic rings. The second kappa shape index (κ2) is 3.92. The first-order valence-electron chi connectivity index (χ1n) is 3.20. The number of nitrogens with two attached hydrogens (primary N) is 1. The Hall–Kier alpha value is -1.29. The largest absolute Gasteiger partial charge is 0.367 e. The van der Waals surface area contributed by atoms with Crippen LogP contribution in [0.3, 0.4) is 0 Å². The average molecular weight is 188 g/mol. The fraction of sp³-hybridized carbons (Fsp3) is 0. The molecule has 0 heterocycles. The SMILES string of the molecule is NC(=NF)Nc1ccccc1Cl. The molecule has 0 radical (unpaired) electrons. The number of hydrogen-bond donors (Lipinski definition) is 2. The molecule has 0 aromatic heterocycles. The Balaban J connectivity index is 2.82. The van der Waals surface area contributed by atoms with Gasteiger partial charge in [-0.3, -0.25) is 0 Å². The second-order valence-corrected chi connectivity index (χ2v) is 2.48. The summed E-state index contributed by atoms with van der Waals surface area (Å²) in [5.41, 5.74) is 5.61. The van der Waals surface area contributed by atoms with Crippen molar-refractivity contribution in [1.82, 2.24) is 0 Å². The van der Waals surface area contributed by atoms with E-state index in [1.807, 2.05) is 0 Å². The third kappa shape index (κ3) is 2.10. The van der Waals surface area contributed by atoms with Gasteiger partial charge in [-0.05, 0) is 12.1 Å². The van der Waals surface area contributed by atoms with Gasteiger partial charge in [0.25, 0.3) is 0 Å². The topological polar surface area (TPSA) is 50.4 Å². The highest BCUT2D eigenvalue weighted by atomic mass is 35.5. The van der Waals surface area contributed by atoms with Gasteiger partial charge in [0.15, 0.2) is 0 Å². The van der Waals surface area contributed by atoms with Gasteiger partial charge in [-0.15, -0.1) is 0 Å². The van der Waals surface area contributed by atoms with Gasteiger partial charge in [0.05, 0.1) is 10.7 Å². The van der Waals surface area contributed by atoms with Crippen LogP contribution >= 0.6 is 11.6 Å². The van der Waals surface area contributed by atoms with Gasteiger partial charge in [0.1, 0.15) is 0 Å². The van der Waals surface area contributed by atoms with Gasteiger partial charge in [0, 0.05) is 0 Å². The van der Waals surface area contributed by atoms with Crippen molar-refractivity contribution in [2.75, 3.05) is 5.32 Å².